The van der Waals surface area contributed by atoms with Crippen LogP contribution in [0, 0.1) is 0 Å². The topological polar surface area (TPSA) is 79.7 Å². The van der Waals surface area contributed by atoms with Crippen molar-refractivity contribution in [2.45, 2.75) is 19.5 Å². The summed E-state index contributed by atoms with van der Waals surface area (Å²) in [5.74, 6) is 0.176. The maximum Gasteiger partial charge on any atom is 0.187 e. The molecule has 1 heterocycles. The third kappa shape index (κ3) is 3.20. The second-order valence-corrected chi connectivity index (χ2v) is 3.27. The predicted molar refractivity (Wildman–Crippen MR) is 54.3 cm³/mol. The fraction of sp³-hybridized carbons (Fsp3) is 0.875. The Morgan fingerprint density at radius 3 is 3.00 bits per heavy atom. The molecular formula is C8H19N5. The van der Waals surface area contributed by atoms with Crippen molar-refractivity contribution >= 4 is 5.96 Å². The summed E-state index contributed by atoms with van der Waals surface area (Å²) in [5.41, 5.74) is 10.7. The fourth-order valence-corrected chi connectivity index (χ4v) is 1.58. The minimum absolute atomic E-state index is 0.124. The van der Waals surface area contributed by atoms with E-state index in [9.17, 15) is 0 Å². The van der Waals surface area contributed by atoms with Crippen LogP contribution in [0.15, 0.2) is 4.99 Å². The molecule has 0 aliphatic carbocycles. The molecule has 13 heavy (non-hydrogen) atoms. The quantitative estimate of drug-likeness (QED) is 0.385. The summed E-state index contributed by atoms with van der Waals surface area (Å²) in [4.78, 5) is 6.47. The van der Waals surface area contributed by atoms with Gasteiger partial charge in [0, 0.05) is 19.6 Å². The molecule has 0 aromatic carbocycles. The lowest BCUT2D eigenvalue weighted by atomic mass is 10.3. The maximum atomic E-state index is 5.35. The number of hydrogen-bond acceptors (Lipinski definition) is 3. The van der Waals surface area contributed by atoms with E-state index in [0.717, 1.165) is 32.6 Å². The van der Waals surface area contributed by atoms with Crippen molar-refractivity contribution < 1.29 is 0 Å². The van der Waals surface area contributed by atoms with Crippen molar-refractivity contribution in [2.24, 2.45) is 16.5 Å². The normalized spacial score (nSPS) is 24.2. The molecule has 1 atom stereocenters. The van der Waals surface area contributed by atoms with Gasteiger partial charge in [-0.2, -0.15) is 0 Å². The van der Waals surface area contributed by atoms with Crippen LogP contribution < -0.4 is 16.8 Å². The Balaban J connectivity index is 2.51. The van der Waals surface area contributed by atoms with Crippen molar-refractivity contribution in [2.75, 3.05) is 26.2 Å². The molecule has 0 aromatic rings. The first-order valence-electron chi connectivity index (χ1n) is 4.77. The third-order valence-corrected chi connectivity index (χ3v) is 2.13. The van der Waals surface area contributed by atoms with E-state index in [1.165, 1.54) is 0 Å². The van der Waals surface area contributed by atoms with Crippen LogP contribution in [0.3, 0.4) is 0 Å². The Kier molecular flexibility index (Phi) is 3.98. The summed E-state index contributed by atoms with van der Waals surface area (Å²) in [6, 6.07) is 0. The Morgan fingerprint density at radius 1 is 1.62 bits per heavy atom. The molecule has 0 radical (unpaired) electrons. The highest BCUT2D eigenvalue weighted by atomic mass is 15.3. The summed E-state index contributed by atoms with van der Waals surface area (Å²) >= 11 is 0. The predicted octanol–water partition coefficient (Wildman–Crippen LogP) is -1.10. The van der Waals surface area contributed by atoms with Gasteiger partial charge in [-0.15, -0.1) is 0 Å². The first kappa shape index (κ1) is 10.3. The number of rotatable bonds is 3. The van der Waals surface area contributed by atoms with Gasteiger partial charge in [-0.1, -0.05) is 6.92 Å². The van der Waals surface area contributed by atoms with E-state index in [4.69, 9.17) is 11.5 Å². The summed E-state index contributed by atoms with van der Waals surface area (Å²) in [6.45, 7) is 6.11. The highest BCUT2D eigenvalue weighted by Gasteiger charge is 2.20. The lowest BCUT2D eigenvalue weighted by Gasteiger charge is -2.33. The minimum Gasteiger partial charge on any atom is -0.370 e. The molecule has 5 N–H and O–H groups in total. The molecule has 76 valence electrons. The van der Waals surface area contributed by atoms with Gasteiger partial charge in [-0.25, -0.2) is 4.99 Å². The maximum absolute atomic E-state index is 5.35. The number of aliphatic imine (C=N–C) groups is 1. The number of hydrogen-bond donors (Lipinski definition) is 3. The van der Waals surface area contributed by atoms with Gasteiger partial charge in [0.1, 0.15) is 6.17 Å². The number of nitrogens with zero attached hydrogens (tertiary/aromatic N) is 2. The van der Waals surface area contributed by atoms with Gasteiger partial charge in [0.15, 0.2) is 5.96 Å². The number of nitrogens with one attached hydrogen (secondary N) is 1. The smallest absolute Gasteiger partial charge is 0.187 e. The van der Waals surface area contributed by atoms with Gasteiger partial charge in [-0.05, 0) is 13.0 Å². The first-order valence-corrected chi connectivity index (χ1v) is 4.77. The van der Waals surface area contributed by atoms with E-state index in [2.05, 4.69) is 22.1 Å². The van der Waals surface area contributed by atoms with Gasteiger partial charge in [0.05, 0.1) is 0 Å². The Hall–Kier alpha value is -0.810. The SMILES string of the molecule is CCCN1CCNCC1N=C(N)N. The van der Waals surface area contributed by atoms with Gasteiger partial charge in [0.2, 0.25) is 0 Å². The van der Waals surface area contributed by atoms with Crippen LogP contribution in [0.5, 0.6) is 0 Å². The van der Waals surface area contributed by atoms with Gasteiger partial charge in [0.25, 0.3) is 0 Å². The van der Waals surface area contributed by atoms with E-state index in [1.54, 1.807) is 0 Å². The van der Waals surface area contributed by atoms with Crippen LogP contribution in [0.1, 0.15) is 13.3 Å². The summed E-state index contributed by atoms with van der Waals surface area (Å²) < 4.78 is 0. The van der Waals surface area contributed by atoms with Crippen LogP contribution in [-0.4, -0.2) is 43.2 Å². The third-order valence-electron chi connectivity index (χ3n) is 2.13. The summed E-state index contributed by atoms with van der Waals surface area (Å²) in [5, 5.41) is 3.27. The molecule has 5 nitrogen and oxygen atoms in total. The molecule has 1 saturated heterocycles. The molecule has 0 amide bonds. The molecule has 1 aliphatic heterocycles. The van der Waals surface area contributed by atoms with Crippen LogP contribution in [0.2, 0.25) is 0 Å². The molecule has 1 unspecified atom stereocenters. The van der Waals surface area contributed by atoms with Gasteiger partial charge in [-0.3, -0.25) is 4.90 Å². The van der Waals surface area contributed by atoms with E-state index in [-0.39, 0.29) is 12.1 Å². The van der Waals surface area contributed by atoms with Crippen LogP contribution in [-0.2, 0) is 0 Å². The van der Waals surface area contributed by atoms with Crippen molar-refractivity contribution in [1.82, 2.24) is 10.2 Å². The summed E-state index contributed by atoms with van der Waals surface area (Å²) in [6.07, 6.45) is 1.26. The largest absolute Gasteiger partial charge is 0.370 e. The molecule has 0 bridgehead atoms. The average molecular weight is 185 g/mol. The van der Waals surface area contributed by atoms with Gasteiger partial charge < -0.3 is 16.8 Å². The molecule has 1 rings (SSSR count). The second kappa shape index (κ2) is 5.04. The van der Waals surface area contributed by atoms with E-state index < -0.39 is 0 Å². The number of nitrogens with two attached hydrogens (primary N) is 2. The zero-order valence-corrected chi connectivity index (χ0v) is 8.16. The lowest BCUT2D eigenvalue weighted by Crippen LogP contribution is -2.51. The van der Waals surface area contributed by atoms with E-state index in [1.807, 2.05) is 0 Å². The van der Waals surface area contributed by atoms with Crippen molar-refractivity contribution in [3.8, 4) is 0 Å². The molecule has 1 aliphatic rings. The highest BCUT2D eigenvalue weighted by molar-refractivity contribution is 5.75. The van der Waals surface area contributed by atoms with Crippen LogP contribution in [0.25, 0.3) is 0 Å². The molecular weight excluding hydrogens is 166 g/mol. The first-order chi connectivity index (χ1) is 6.24. The zero-order chi connectivity index (χ0) is 9.68. The van der Waals surface area contributed by atoms with Crippen LogP contribution in [0.4, 0.5) is 0 Å². The Bertz CT molecular complexity index is 173. The highest BCUT2D eigenvalue weighted by Crippen LogP contribution is 2.04. The second-order valence-electron chi connectivity index (χ2n) is 3.27. The average Bonchev–Trinajstić information content (AvgIpc) is 2.08. The van der Waals surface area contributed by atoms with E-state index in [0.29, 0.717) is 0 Å². The van der Waals surface area contributed by atoms with Crippen LogP contribution >= 0.6 is 0 Å². The van der Waals surface area contributed by atoms with E-state index >= 15 is 0 Å². The Labute approximate surface area is 79.2 Å². The van der Waals surface area contributed by atoms with Crippen molar-refractivity contribution in [1.29, 1.82) is 0 Å². The minimum atomic E-state index is 0.124. The standard InChI is InChI=1S/C8H19N5/c1-2-4-13-5-3-11-6-7(13)12-8(9)10/h7,11H,2-6H2,1H3,(H4,9,10,12). The van der Waals surface area contributed by atoms with Crippen molar-refractivity contribution in [3.05, 3.63) is 0 Å². The Morgan fingerprint density at radius 2 is 2.38 bits per heavy atom. The molecule has 0 aromatic heterocycles. The number of guanidine groups is 1. The molecule has 0 spiro atoms. The molecule has 5 heteroatoms. The molecule has 0 saturated carbocycles. The lowest BCUT2D eigenvalue weighted by molar-refractivity contribution is 0.167. The fourth-order valence-electron chi connectivity index (χ4n) is 1.58. The number of piperazine rings is 1. The zero-order valence-electron chi connectivity index (χ0n) is 8.16. The van der Waals surface area contributed by atoms with Gasteiger partial charge >= 0.3 is 0 Å². The van der Waals surface area contributed by atoms with Crippen molar-refractivity contribution in [3.63, 3.8) is 0 Å². The monoisotopic (exact) mass is 185 g/mol. The molecule has 1 fully saturated rings. The summed E-state index contributed by atoms with van der Waals surface area (Å²) in [7, 11) is 0.